The molecule has 0 amide bonds. The number of rotatable bonds is 9. The minimum atomic E-state index is -0.645. The summed E-state index contributed by atoms with van der Waals surface area (Å²) >= 11 is 0. The molecule has 0 radical (unpaired) electrons. The van der Waals surface area contributed by atoms with Crippen LogP contribution < -0.4 is 16.0 Å². The summed E-state index contributed by atoms with van der Waals surface area (Å²) in [6.45, 7) is 0.486. The second-order valence-electron chi connectivity index (χ2n) is 7.13. The lowest BCUT2D eigenvalue weighted by atomic mass is 10.2. The van der Waals surface area contributed by atoms with Crippen LogP contribution in [0.1, 0.15) is 5.56 Å². The summed E-state index contributed by atoms with van der Waals surface area (Å²) < 4.78 is 24.5. The molecule has 1 aliphatic heterocycles. The lowest BCUT2D eigenvalue weighted by Gasteiger charge is -2.35. The largest absolute Gasteiger partial charge is 0.494 e. The maximum atomic E-state index is 12.1. The van der Waals surface area contributed by atoms with Crippen molar-refractivity contribution in [3.05, 3.63) is 56.7 Å². The van der Waals surface area contributed by atoms with E-state index in [-0.39, 0.29) is 38.5 Å². The van der Waals surface area contributed by atoms with E-state index in [2.05, 4.69) is 4.99 Å². The molecule has 2 unspecified atom stereocenters. The third kappa shape index (κ3) is 5.62. The van der Waals surface area contributed by atoms with Crippen molar-refractivity contribution in [1.29, 1.82) is 0 Å². The lowest BCUT2D eigenvalue weighted by Crippen LogP contribution is -2.49. The van der Waals surface area contributed by atoms with Gasteiger partial charge < -0.3 is 29.2 Å². The first-order valence-corrected chi connectivity index (χ1v) is 10.1. The number of benzene rings is 1. The molecule has 0 spiro atoms. The van der Waals surface area contributed by atoms with Crippen LogP contribution >= 0.6 is 0 Å². The zero-order valence-electron chi connectivity index (χ0n) is 17.9. The maximum Gasteiger partial charge on any atom is 0.333 e. The van der Waals surface area contributed by atoms with E-state index in [4.69, 9.17) is 18.9 Å². The molecule has 1 aromatic heterocycles. The van der Waals surface area contributed by atoms with Crippen LogP contribution in [0.4, 0.5) is 0 Å². The van der Waals surface area contributed by atoms with Crippen LogP contribution in [0.3, 0.4) is 0 Å². The molecular weight excluding hydrogens is 422 g/mol. The summed E-state index contributed by atoms with van der Waals surface area (Å²) in [7, 11) is 2.68. The fourth-order valence-electron chi connectivity index (χ4n) is 3.10. The zero-order valence-corrected chi connectivity index (χ0v) is 17.9. The standard InChI is InChI=1S/C21H27N3O8/c1-23-19(26)15(20(27)24(2)21(23)28)10-22-8-9-29-17-12-31-18(32-16(17)11-25)13-30-14-6-4-3-5-7-14/h3-7,10,16-18,25-26H,8-9,11-13H2,1-2H3/t16-,17?,18?/m0/s1. The van der Waals surface area contributed by atoms with Crippen molar-refractivity contribution in [1.82, 2.24) is 9.13 Å². The fraction of sp³-hybridized carbons (Fsp3) is 0.476. The maximum absolute atomic E-state index is 12.1. The Bertz CT molecular complexity index is 1030. The molecule has 174 valence electrons. The van der Waals surface area contributed by atoms with Gasteiger partial charge in [0.05, 0.1) is 26.4 Å². The zero-order chi connectivity index (χ0) is 23.1. The highest BCUT2D eigenvalue weighted by Crippen LogP contribution is 2.18. The molecule has 3 atom stereocenters. The van der Waals surface area contributed by atoms with Gasteiger partial charge in [0.25, 0.3) is 5.56 Å². The minimum absolute atomic E-state index is 0.0894. The number of aliphatic hydroxyl groups is 1. The van der Waals surface area contributed by atoms with Gasteiger partial charge in [0.2, 0.25) is 5.88 Å². The highest BCUT2D eigenvalue weighted by atomic mass is 16.7. The highest BCUT2D eigenvalue weighted by Gasteiger charge is 2.32. The normalized spacial score (nSPS) is 21.2. The lowest BCUT2D eigenvalue weighted by molar-refractivity contribution is -0.273. The van der Waals surface area contributed by atoms with E-state index in [1.165, 1.54) is 20.3 Å². The molecule has 0 bridgehead atoms. The third-order valence-electron chi connectivity index (χ3n) is 4.94. The third-order valence-corrected chi connectivity index (χ3v) is 4.94. The monoisotopic (exact) mass is 449 g/mol. The number of aromatic nitrogens is 2. The Morgan fingerprint density at radius 1 is 1.22 bits per heavy atom. The van der Waals surface area contributed by atoms with E-state index in [9.17, 15) is 19.8 Å². The van der Waals surface area contributed by atoms with Crippen LogP contribution in [-0.4, -0.2) is 77.0 Å². The average Bonchev–Trinajstić information content (AvgIpc) is 2.82. The number of ether oxygens (including phenoxy) is 4. The Labute approximate surface area is 184 Å². The van der Waals surface area contributed by atoms with Crippen molar-refractivity contribution >= 4 is 6.21 Å². The molecule has 2 heterocycles. The highest BCUT2D eigenvalue weighted by molar-refractivity contribution is 5.81. The molecule has 1 aliphatic rings. The smallest absolute Gasteiger partial charge is 0.333 e. The Morgan fingerprint density at radius 3 is 2.69 bits per heavy atom. The number of aliphatic hydroxyl groups excluding tert-OH is 1. The molecule has 11 nitrogen and oxygen atoms in total. The summed E-state index contributed by atoms with van der Waals surface area (Å²) in [6, 6.07) is 9.25. The summed E-state index contributed by atoms with van der Waals surface area (Å²) in [5, 5.41) is 19.6. The van der Waals surface area contributed by atoms with Gasteiger partial charge in [-0.2, -0.15) is 0 Å². The van der Waals surface area contributed by atoms with Crippen LogP contribution in [0, 0.1) is 0 Å². The molecule has 32 heavy (non-hydrogen) atoms. The molecule has 11 heteroatoms. The number of aromatic hydroxyl groups is 1. The van der Waals surface area contributed by atoms with E-state index in [1.54, 1.807) is 0 Å². The molecule has 0 aliphatic carbocycles. The van der Waals surface area contributed by atoms with Gasteiger partial charge in [-0.25, -0.2) is 4.79 Å². The molecule has 2 N–H and O–H groups in total. The fourth-order valence-corrected chi connectivity index (χ4v) is 3.10. The Morgan fingerprint density at radius 2 is 1.97 bits per heavy atom. The van der Waals surface area contributed by atoms with Gasteiger partial charge in [-0.15, -0.1) is 0 Å². The van der Waals surface area contributed by atoms with Crippen molar-refractivity contribution in [3.63, 3.8) is 0 Å². The van der Waals surface area contributed by atoms with Crippen molar-refractivity contribution in [2.75, 3.05) is 33.0 Å². The molecule has 0 saturated carbocycles. The van der Waals surface area contributed by atoms with Crippen LogP contribution in [0.5, 0.6) is 11.6 Å². The molecule has 1 aromatic carbocycles. The summed E-state index contributed by atoms with van der Waals surface area (Å²) in [6.07, 6.45) is -0.511. The first-order valence-electron chi connectivity index (χ1n) is 10.1. The Hall–Kier alpha value is -2.99. The van der Waals surface area contributed by atoms with Crippen LogP contribution in [0.15, 0.2) is 44.9 Å². The molecule has 1 saturated heterocycles. The van der Waals surface area contributed by atoms with Gasteiger partial charge in [0.1, 0.15) is 30.1 Å². The van der Waals surface area contributed by atoms with E-state index in [0.29, 0.717) is 5.75 Å². The Kier molecular flexibility index (Phi) is 8.17. The second-order valence-corrected chi connectivity index (χ2v) is 7.13. The quantitative estimate of drug-likeness (QED) is 0.383. The molecule has 2 aromatic rings. The van der Waals surface area contributed by atoms with Gasteiger partial charge in [-0.05, 0) is 12.1 Å². The first kappa shape index (κ1) is 23.7. The number of para-hydroxylation sites is 1. The van der Waals surface area contributed by atoms with E-state index in [0.717, 1.165) is 9.13 Å². The Balaban J connectivity index is 1.47. The van der Waals surface area contributed by atoms with Crippen molar-refractivity contribution in [2.24, 2.45) is 19.1 Å². The average molecular weight is 449 g/mol. The van der Waals surface area contributed by atoms with Gasteiger partial charge in [0.15, 0.2) is 6.29 Å². The van der Waals surface area contributed by atoms with Crippen LogP contribution in [0.25, 0.3) is 0 Å². The minimum Gasteiger partial charge on any atom is -0.494 e. The van der Waals surface area contributed by atoms with Crippen molar-refractivity contribution in [3.8, 4) is 11.6 Å². The van der Waals surface area contributed by atoms with Crippen molar-refractivity contribution in [2.45, 2.75) is 18.5 Å². The van der Waals surface area contributed by atoms with Crippen LogP contribution in [0.2, 0.25) is 0 Å². The molecule has 1 fully saturated rings. The summed E-state index contributed by atoms with van der Waals surface area (Å²) in [4.78, 5) is 28.0. The number of aliphatic imine (C=N–C) groups is 1. The van der Waals surface area contributed by atoms with Crippen molar-refractivity contribution < 1.29 is 29.2 Å². The van der Waals surface area contributed by atoms with E-state index in [1.807, 2.05) is 30.3 Å². The molecular formula is C21H27N3O8. The van der Waals surface area contributed by atoms with Gasteiger partial charge in [-0.3, -0.25) is 18.9 Å². The molecule has 3 rings (SSSR count). The SMILES string of the molecule is Cn1c(O)c(C=NCCOC2COC(COc3ccccc3)O[C@H]2CO)c(=O)n(C)c1=O. The summed E-state index contributed by atoms with van der Waals surface area (Å²) in [5.74, 6) is 0.233. The van der Waals surface area contributed by atoms with Gasteiger partial charge >= 0.3 is 5.69 Å². The second kappa shape index (κ2) is 11.0. The summed E-state index contributed by atoms with van der Waals surface area (Å²) in [5.41, 5.74) is -1.37. The number of hydrogen-bond acceptors (Lipinski definition) is 9. The predicted molar refractivity (Wildman–Crippen MR) is 114 cm³/mol. The topological polar surface area (TPSA) is 134 Å². The number of nitrogens with zero attached hydrogens (tertiary/aromatic N) is 3. The van der Waals surface area contributed by atoms with Gasteiger partial charge in [-0.1, -0.05) is 18.2 Å². The van der Waals surface area contributed by atoms with Gasteiger partial charge in [0, 0.05) is 20.3 Å². The van der Waals surface area contributed by atoms with E-state index < -0.39 is 35.6 Å². The van der Waals surface area contributed by atoms with Crippen LogP contribution in [-0.2, 0) is 28.3 Å². The number of hydrogen-bond donors (Lipinski definition) is 2. The van der Waals surface area contributed by atoms with E-state index >= 15 is 0 Å². The first-order chi connectivity index (χ1) is 15.4. The predicted octanol–water partition coefficient (Wildman–Crippen LogP) is -0.593.